The van der Waals surface area contributed by atoms with Gasteiger partial charge in [0.25, 0.3) is 5.91 Å². The zero-order valence-electron chi connectivity index (χ0n) is 16.1. The lowest BCUT2D eigenvalue weighted by molar-refractivity contribution is 0.0633. The van der Waals surface area contributed by atoms with Gasteiger partial charge in [-0.2, -0.15) is 5.10 Å². The van der Waals surface area contributed by atoms with Crippen molar-refractivity contribution in [2.45, 2.75) is 19.4 Å². The predicted molar refractivity (Wildman–Crippen MR) is 106 cm³/mol. The van der Waals surface area contributed by atoms with E-state index in [0.717, 1.165) is 24.9 Å². The van der Waals surface area contributed by atoms with E-state index in [1.807, 2.05) is 29.2 Å². The molecule has 4 rings (SSSR count). The molecule has 3 aromatic rings. The third kappa shape index (κ3) is 4.99. The number of nitrogens with zero attached hydrogens (tertiary/aromatic N) is 4. The number of likely N-dealkylation sites (tertiary alicyclic amines) is 1. The number of carbonyl (C=O) groups excluding carboxylic acids is 1. The van der Waals surface area contributed by atoms with Crippen LogP contribution in [-0.2, 0) is 6.54 Å². The van der Waals surface area contributed by atoms with Crippen molar-refractivity contribution in [1.82, 2.24) is 19.7 Å². The van der Waals surface area contributed by atoms with Crippen LogP contribution in [0.4, 0.5) is 4.39 Å². The van der Waals surface area contributed by atoms with Crippen LogP contribution in [0, 0.1) is 11.7 Å². The first-order valence-electron chi connectivity index (χ1n) is 9.76. The average molecular weight is 394 g/mol. The Labute approximate surface area is 168 Å². The van der Waals surface area contributed by atoms with Crippen LogP contribution in [0.15, 0.2) is 61.2 Å². The SMILES string of the molecule is O=C(c1cccc(Cn2cncn2)c1)N1CCC[C@H](COc2ccc(F)cc2)C1. The molecule has 2 aromatic carbocycles. The second kappa shape index (κ2) is 8.86. The maximum Gasteiger partial charge on any atom is 0.253 e. The van der Waals surface area contributed by atoms with Gasteiger partial charge in [0.2, 0.25) is 0 Å². The summed E-state index contributed by atoms with van der Waals surface area (Å²) < 4.78 is 20.5. The van der Waals surface area contributed by atoms with Crippen molar-refractivity contribution in [2.75, 3.05) is 19.7 Å². The van der Waals surface area contributed by atoms with Crippen molar-refractivity contribution in [2.24, 2.45) is 5.92 Å². The molecule has 2 heterocycles. The van der Waals surface area contributed by atoms with Crippen LogP contribution < -0.4 is 4.74 Å². The Kier molecular flexibility index (Phi) is 5.84. The average Bonchev–Trinajstić information content (AvgIpc) is 3.26. The molecule has 0 N–H and O–H groups in total. The van der Waals surface area contributed by atoms with Crippen LogP contribution in [0.5, 0.6) is 5.75 Å². The van der Waals surface area contributed by atoms with Crippen LogP contribution in [0.25, 0.3) is 0 Å². The van der Waals surface area contributed by atoms with Crippen molar-refractivity contribution < 1.29 is 13.9 Å². The van der Waals surface area contributed by atoms with Gasteiger partial charge < -0.3 is 9.64 Å². The Balaban J connectivity index is 1.36. The van der Waals surface area contributed by atoms with Crippen molar-refractivity contribution in [3.05, 3.63) is 78.1 Å². The van der Waals surface area contributed by atoms with Crippen LogP contribution in [-0.4, -0.2) is 45.3 Å². The second-order valence-electron chi connectivity index (χ2n) is 7.32. The number of benzene rings is 2. The van der Waals surface area contributed by atoms with Crippen molar-refractivity contribution >= 4 is 5.91 Å². The minimum absolute atomic E-state index is 0.0388. The summed E-state index contributed by atoms with van der Waals surface area (Å²) in [7, 11) is 0. The fraction of sp³-hybridized carbons (Fsp3) is 0.318. The summed E-state index contributed by atoms with van der Waals surface area (Å²) in [4.78, 5) is 18.9. The molecule has 1 aromatic heterocycles. The first kappa shape index (κ1) is 19.1. The van der Waals surface area contributed by atoms with E-state index in [1.54, 1.807) is 23.1 Å². The number of carbonyl (C=O) groups is 1. The number of hydrogen-bond donors (Lipinski definition) is 0. The van der Waals surface area contributed by atoms with Gasteiger partial charge in [-0.05, 0) is 54.8 Å². The summed E-state index contributed by atoms with van der Waals surface area (Å²) in [5.74, 6) is 0.668. The molecule has 1 atom stereocenters. The van der Waals surface area contributed by atoms with Gasteiger partial charge in [-0.1, -0.05) is 12.1 Å². The van der Waals surface area contributed by atoms with E-state index in [9.17, 15) is 9.18 Å². The van der Waals surface area contributed by atoms with Crippen LogP contribution in [0.1, 0.15) is 28.8 Å². The van der Waals surface area contributed by atoms with Crippen molar-refractivity contribution in [3.63, 3.8) is 0 Å². The summed E-state index contributed by atoms with van der Waals surface area (Å²) in [5, 5.41) is 4.11. The molecule has 0 radical (unpaired) electrons. The smallest absolute Gasteiger partial charge is 0.253 e. The van der Waals surface area contributed by atoms with E-state index in [4.69, 9.17) is 4.74 Å². The second-order valence-corrected chi connectivity index (χ2v) is 7.32. The van der Waals surface area contributed by atoms with Gasteiger partial charge >= 0.3 is 0 Å². The summed E-state index contributed by atoms with van der Waals surface area (Å²) >= 11 is 0. The molecule has 6 nitrogen and oxygen atoms in total. The number of amides is 1. The van der Waals surface area contributed by atoms with Gasteiger partial charge in [-0.25, -0.2) is 14.1 Å². The minimum atomic E-state index is -0.280. The fourth-order valence-corrected chi connectivity index (χ4v) is 3.62. The molecule has 0 aliphatic carbocycles. The molecule has 0 spiro atoms. The minimum Gasteiger partial charge on any atom is -0.493 e. The first-order valence-corrected chi connectivity index (χ1v) is 9.76. The molecule has 1 aliphatic rings. The number of hydrogen-bond acceptors (Lipinski definition) is 4. The van der Waals surface area contributed by atoms with Gasteiger partial charge in [0, 0.05) is 24.6 Å². The molecule has 0 bridgehead atoms. The van der Waals surface area contributed by atoms with E-state index in [0.29, 0.717) is 31.0 Å². The monoisotopic (exact) mass is 394 g/mol. The summed E-state index contributed by atoms with van der Waals surface area (Å²) in [6.07, 6.45) is 5.11. The highest BCUT2D eigenvalue weighted by atomic mass is 19.1. The van der Waals surface area contributed by atoms with Crippen molar-refractivity contribution in [1.29, 1.82) is 0 Å². The Morgan fingerprint density at radius 2 is 2.07 bits per heavy atom. The summed E-state index contributed by atoms with van der Waals surface area (Å²) in [6, 6.07) is 13.7. The topological polar surface area (TPSA) is 60.2 Å². The molecule has 1 saturated heterocycles. The maximum atomic E-state index is 13.0. The van der Waals surface area contributed by atoms with Crippen LogP contribution in [0.2, 0.25) is 0 Å². The molecule has 1 fully saturated rings. The van der Waals surface area contributed by atoms with E-state index in [1.165, 1.54) is 18.5 Å². The van der Waals surface area contributed by atoms with E-state index >= 15 is 0 Å². The Hall–Kier alpha value is -3.22. The van der Waals surface area contributed by atoms with E-state index < -0.39 is 0 Å². The number of ether oxygens (including phenoxy) is 1. The molecule has 7 heteroatoms. The molecule has 29 heavy (non-hydrogen) atoms. The Morgan fingerprint density at radius 1 is 1.21 bits per heavy atom. The van der Waals surface area contributed by atoms with Crippen LogP contribution >= 0.6 is 0 Å². The molecule has 1 amide bonds. The van der Waals surface area contributed by atoms with Crippen molar-refractivity contribution in [3.8, 4) is 5.75 Å². The number of halogens is 1. The van der Waals surface area contributed by atoms with Gasteiger partial charge in [0.1, 0.15) is 24.2 Å². The lowest BCUT2D eigenvalue weighted by Gasteiger charge is -2.32. The molecular formula is C22H23FN4O2. The summed E-state index contributed by atoms with van der Waals surface area (Å²) in [6.45, 7) is 2.50. The maximum absolute atomic E-state index is 13.0. The molecule has 0 unspecified atom stereocenters. The van der Waals surface area contributed by atoms with Gasteiger partial charge in [0.15, 0.2) is 0 Å². The number of aromatic nitrogens is 3. The fourth-order valence-electron chi connectivity index (χ4n) is 3.62. The normalized spacial score (nSPS) is 16.6. The number of piperidine rings is 1. The van der Waals surface area contributed by atoms with Gasteiger partial charge in [0.05, 0.1) is 13.2 Å². The number of rotatable bonds is 6. The molecule has 150 valence electrons. The highest BCUT2D eigenvalue weighted by molar-refractivity contribution is 5.94. The molecular weight excluding hydrogens is 371 g/mol. The van der Waals surface area contributed by atoms with Crippen LogP contribution in [0.3, 0.4) is 0 Å². The predicted octanol–water partition coefficient (Wildman–Crippen LogP) is 3.40. The third-order valence-corrected chi connectivity index (χ3v) is 5.09. The van der Waals surface area contributed by atoms with Gasteiger partial charge in [-0.3, -0.25) is 4.79 Å². The van der Waals surface area contributed by atoms with E-state index in [2.05, 4.69) is 10.1 Å². The Morgan fingerprint density at radius 3 is 2.86 bits per heavy atom. The molecule has 0 saturated carbocycles. The highest BCUT2D eigenvalue weighted by Crippen LogP contribution is 2.21. The van der Waals surface area contributed by atoms with E-state index in [-0.39, 0.29) is 17.6 Å². The lowest BCUT2D eigenvalue weighted by atomic mass is 9.98. The lowest BCUT2D eigenvalue weighted by Crippen LogP contribution is -2.41. The largest absolute Gasteiger partial charge is 0.493 e. The zero-order valence-corrected chi connectivity index (χ0v) is 16.1. The zero-order chi connectivity index (χ0) is 20.1. The third-order valence-electron chi connectivity index (χ3n) is 5.09. The quantitative estimate of drug-likeness (QED) is 0.643. The highest BCUT2D eigenvalue weighted by Gasteiger charge is 2.25. The first-order chi connectivity index (χ1) is 14.2. The standard InChI is InChI=1S/C22H23FN4O2/c23-20-6-8-21(9-7-20)29-14-18-4-2-10-26(12-18)22(28)19-5-1-3-17(11-19)13-27-16-24-15-25-27/h1,3,5-9,11,15-16,18H,2,4,10,12-14H2/t18-/m0/s1. The Bertz CT molecular complexity index is 944. The summed E-state index contributed by atoms with van der Waals surface area (Å²) in [5.41, 5.74) is 1.69. The van der Waals surface area contributed by atoms with Gasteiger partial charge in [-0.15, -0.1) is 0 Å². The molecule has 1 aliphatic heterocycles.